The van der Waals surface area contributed by atoms with Crippen LogP contribution in [0.1, 0.15) is 30.6 Å². The van der Waals surface area contributed by atoms with Gasteiger partial charge in [0, 0.05) is 11.1 Å². The highest BCUT2D eigenvalue weighted by Gasteiger charge is 2.38. The topological polar surface area (TPSA) is 38.3 Å². The maximum absolute atomic E-state index is 12.3. The second kappa shape index (κ2) is 5.19. The lowest BCUT2D eigenvalue weighted by Crippen LogP contribution is -2.50. The zero-order valence-electron chi connectivity index (χ0n) is 10.3. The minimum absolute atomic E-state index is 0.00683. The Morgan fingerprint density at radius 3 is 2.94 bits per heavy atom. The number of rotatable bonds is 2. The van der Waals surface area contributed by atoms with Crippen LogP contribution in [0.5, 0.6) is 0 Å². The second-order valence-electron chi connectivity index (χ2n) is 4.76. The van der Waals surface area contributed by atoms with Crippen molar-refractivity contribution in [3.05, 3.63) is 33.3 Å². The summed E-state index contributed by atoms with van der Waals surface area (Å²) >= 11 is 9.38. The van der Waals surface area contributed by atoms with Crippen LogP contribution in [0, 0.1) is 0 Å². The third-order valence-electron chi connectivity index (χ3n) is 3.46. The van der Waals surface area contributed by atoms with E-state index in [1.54, 1.807) is 12.1 Å². The first-order valence-corrected chi connectivity index (χ1v) is 6.99. The third-order valence-corrected chi connectivity index (χ3v) is 4.28. The summed E-state index contributed by atoms with van der Waals surface area (Å²) in [5.41, 5.74) is 0.147. The average Bonchev–Trinajstić information content (AvgIpc) is 2.62. The Labute approximate surface area is 120 Å². The number of carbonyl (C=O) groups is 1. The van der Waals surface area contributed by atoms with Gasteiger partial charge in [0.2, 0.25) is 0 Å². The molecule has 2 rings (SSSR count). The highest BCUT2D eigenvalue weighted by Crippen LogP contribution is 2.27. The molecule has 3 nitrogen and oxygen atoms in total. The van der Waals surface area contributed by atoms with Gasteiger partial charge >= 0.3 is 0 Å². The summed E-state index contributed by atoms with van der Waals surface area (Å²) in [6, 6.07) is 5.24. The lowest BCUT2D eigenvalue weighted by Gasteiger charge is -2.29. The molecule has 1 N–H and O–H groups in total. The molecule has 0 spiro atoms. The Bertz CT molecular complexity index is 480. The van der Waals surface area contributed by atoms with Crippen molar-refractivity contribution in [3.8, 4) is 0 Å². The third kappa shape index (κ3) is 2.71. The summed E-state index contributed by atoms with van der Waals surface area (Å²) in [5.74, 6) is -0.166. The molecular formula is C13H15BrClNO2. The molecule has 1 aromatic rings. The van der Waals surface area contributed by atoms with Gasteiger partial charge in [0.05, 0.1) is 22.2 Å². The fourth-order valence-corrected chi connectivity index (χ4v) is 2.56. The van der Waals surface area contributed by atoms with Crippen LogP contribution in [0.25, 0.3) is 0 Å². The molecule has 0 saturated carbocycles. The van der Waals surface area contributed by atoms with Crippen molar-refractivity contribution in [2.24, 2.45) is 0 Å². The zero-order chi connectivity index (χ0) is 13.3. The minimum atomic E-state index is -0.331. The predicted molar refractivity (Wildman–Crippen MR) is 75.1 cm³/mol. The molecule has 1 saturated heterocycles. The van der Waals surface area contributed by atoms with Crippen LogP contribution in [0.3, 0.4) is 0 Å². The van der Waals surface area contributed by atoms with Crippen molar-refractivity contribution in [3.63, 3.8) is 0 Å². The van der Waals surface area contributed by atoms with Gasteiger partial charge in [-0.1, -0.05) is 27.5 Å². The summed E-state index contributed by atoms with van der Waals surface area (Å²) < 4.78 is 6.33. The van der Waals surface area contributed by atoms with Crippen molar-refractivity contribution < 1.29 is 9.53 Å². The second-order valence-corrected chi connectivity index (χ2v) is 6.08. The maximum Gasteiger partial charge on any atom is 0.253 e. The Hall–Kier alpha value is -0.580. The van der Waals surface area contributed by atoms with Crippen molar-refractivity contribution in [2.75, 3.05) is 6.61 Å². The molecule has 2 atom stereocenters. The first-order valence-electron chi connectivity index (χ1n) is 5.81. The molecule has 1 aliphatic rings. The van der Waals surface area contributed by atoms with Crippen LogP contribution in [0.4, 0.5) is 0 Å². The number of ether oxygens (including phenoxy) is 1. The molecule has 0 radical (unpaired) electrons. The molecule has 0 bridgehead atoms. The molecule has 1 aromatic carbocycles. The van der Waals surface area contributed by atoms with Gasteiger partial charge in [-0.3, -0.25) is 4.79 Å². The number of carbonyl (C=O) groups excluding carboxylic acids is 1. The lowest BCUT2D eigenvalue weighted by molar-refractivity contribution is 0.0727. The van der Waals surface area contributed by atoms with E-state index >= 15 is 0 Å². The number of hydrogen-bond acceptors (Lipinski definition) is 2. The van der Waals surface area contributed by atoms with Gasteiger partial charge in [-0.25, -0.2) is 0 Å². The molecule has 0 aromatic heterocycles. The highest BCUT2D eigenvalue weighted by atomic mass is 79.9. The largest absolute Gasteiger partial charge is 0.376 e. The summed E-state index contributed by atoms with van der Waals surface area (Å²) in [6.07, 6.45) is 0.818. The molecular weight excluding hydrogens is 318 g/mol. The van der Waals surface area contributed by atoms with Gasteiger partial charge in [0.25, 0.3) is 5.91 Å². The number of benzene rings is 1. The first kappa shape index (κ1) is 13.8. The summed E-state index contributed by atoms with van der Waals surface area (Å²) in [7, 11) is 0. The summed E-state index contributed by atoms with van der Waals surface area (Å²) in [6.45, 7) is 4.63. The van der Waals surface area contributed by atoms with E-state index < -0.39 is 0 Å². The van der Waals surface area contributed by atoms with Gasteiger partial charge < -0.3 is 10.1 Å². The Kier molecular flexibility index (Phi) is 3.99. The molecule has 1 heterocycles. The van der Waals surface area contributed by atoms with E-state index in [2.05, 4.69) is 21.2 Å². The van der Waals surface area contributed by atoms with Crippen LogP contribution < -0.4 is 5.32 Å². The molecule has 1 aliphatic heterocycles. The molecule has 0 aliphatic carbocycles. The number of amides is 1. The minimum Gasteiger partial charge on any atom is -0.376 e. The highest BCUT2D eigenvalue weighted by molar-refractivity contribution is 9.10. The van der Waals surface area contributed by atoms with Gasteiger partial charge in [-0.15, -0.1) is 0 Å². The zero-order valence-corrected chi connectivity index (χ0v) is 12.6. The average molecular weight is 333 g/mol. The number of halogens is 2. The van der Waals surface area contributed by atoms with Gasteiger partial charge in [-0.2, -0.15) is 0 Å². The fraction of sp³-hybridized carbons (Fsp3) is 0.462. The van der Waals surface area contributed by atoms with Crippen LogP contribution in [0.15, 0.2) is 22.7 Å². The summed E-state index contributed by atoms with van der Waals surface area (Å²) in [4.78, 5) is 12.3. The molecule has 1 fully saturated rings. The van der Waals surface area contributed by atoms with Crippen LogP contribution >= 0.6 is 27.5 Å². The van der Waals surface area contributed by atoms with Crippen LogP contribution in [-0.4, -0.2) is 24.2 Å². The Morgan fingerprint density at radius 2 is 2.33 bits per heavy atom. The molecule has 18 heavy (non-hydrogen) atoms. The number of hydrogen-bond donors (Lipinski definition) is 1. The van der Waals surface area contributed by atoms with Crippen molar-refractivity contribution in [1.29, 1.82) is 0 Å². The van der Waals surface area contributed by atoms with E-state index in [0.717, 1.165) is 10.9 Å². The predicted octanol–water partition coefficient (Wildman–Crippen LogP) is 3.40. The van der Waals surface area contributed by atoms with Crippen molar-refractivity contribution in [1.82, 2.24) is 5.32 Å². The first-order chi connectivity index (χ1) is 8.42. The Balaban J connectivity index is 2.19. The molecule has 5 heteroatoms. The van der Waals surface area contributed by atoms with E-state index in [4.69, 9.17) is 16.3 Å². The molecule has 98 valence electrons. The monoisotopic (exact) mass is 331 g/mol. The molecule has 1 amide bonds. The lowest BCUT2D eigenvalue weighted by atomic mass is 9.94. The molecule has 0 unspecified atom stereocenters. The standard InChI is InChI=1S/C13H15BrClNO2/c1-8-13(2,5-6-18-8)16-12(17)10-7-9(14)3-4-11(10)15/h3-4,7-8H,5-6H2,1-2H3,(H,16,17)/t8-,13-/m0/s1. The van der Waals surface area contributed by atoms with E-state index in [1.165, 1.54) is 0 Å². The smallest absolute Gasteiger partial charge is 0.253 e. The van der Waals surface area contributed by atoms with Crippen LogP contribution in [-0.2, 0) is 4.74 Å². The van der Waals surface area contributed by atoms with Crippen molar-refractivity contribution >= 4 is 33.4 Å². The normalized spacial score (nSPS) is 27.2. The van der Waals surface area contributed by atoms with Crippen molar-refractivity contribution in [2.45, 2.75) is 31.9 Å². The summed E-state index contributed by atoms with van der Waals surface area (Å²) in [5, 5.41) is 3.47. The Morgan fingerprint density at radius 1 is 1.61 bits per heavy atom. The van der Waals surface area contributed by atoms with Gasteiger partial charge in [0.15, 0.2) is 0 Å². The van der Waals surface area contributed by atoms with E-state index in [-0.39, 0.29) is 17.6 Å². The SMILES string of the molecule is C[C@@H]1OCC[C@]1(C)NC(=O)c1cc(Br)ccc1Cl. The maximum atomic E-state index is 12.3. The fourth-order valence-electron chi connectivity index (χ4n) is 2.00. The van der Waals surface area contributed by atoms with Crippen LogP contribution in [0.2, 0.25) is 5.02 Å². The van der Waals surface area contributed by atoms with E-state index in [1.807, 2.05) is 19.9 Å². The van der Waals surface area contributed by atoms with E-state index in [9.17, 15) is 4.79 Å². The van der Waals surface area contributed by atoms with Gasteiger partial charge in [-0.05, 0) is 38.5 Å². The van der Waals surface area contributed by atoms with Gasteiger partial charge in [0.1, 0.15) is 0 Å². The quantitative estimate of drug-likeness (QED) is 0.901. The number of nitrogens with one attached hydrogen (secondary N) is 1. The van der Waals surface area contributed by atoms with E-state index in [0.29, 0.717) is 17.2 Å².